The second-order valence-electron chi connectivity index (χ2n) is 10.0. The normalized spacial score (nSPS) is 15.6. The van der Waals surface area contributed by atoms with Gasteiger partial charge in [0.25, 0.3) is 11.2 Å². The average Bonchev–Trinajstić information content (AvgIpc) is 3.59. The first-order valence-corrected chi connectivity index (χ1v) is 13.7. The Morgan fingerprint density at radius 2 is 1.91 bits per heavy atom. The van der Waals surface area contributed by atoms with Gasteiger partial charge in [-0.05, 0) is 73.0 Å². The van der Waals surface area contributed by atoms with Crippen molar-refractivity contribution in [3.8, 4) is 5.75 Å². The minimum atomic E-state index is -0.749. The van der Waals surface area contributed by atoms with Crippen LogP contribution in [0.25, 0.3) is 6.08 Å². The summed E-state index contributed by atoms with van der Waals surface area (Å²) >= 11 is 0. The van der Waals surface area contributed by atoms with Crippen molar-refractivity contribution in [3.63, 3.8) is 0 Å². The summed E-state index contributed by atoms with van der Waals surface area (Å²) in [6.45, 7) is 4.46. The fourth-order valence-electron chi connectivity index (χ4n) is 5.22. The highest BCUT2D eigenvalue weighted by Gasteiger charge is 2.33. The number of hydrogen-bond acceptors (Lipinski definition) is 9. The molecule has 1 unspecified atom stereocenters. The molecule has 3 N–H and O–H groups in total. The molecule has 0 spiro atoms. The molecule has 12 nitrogen and oxygen atoms in total. The monoisotopic (exact) mass is 580 g/mol. The molecule has 0 amide bonds. The largest absolute Gasteiger partial charge is 0.489 e. The Bertz CT molecular complexity index is 1960. The number of ether oxygens (including phenoxy) is 2. The van der Waals surface area contributed by atoms with Gasteiger partial charge in [0.15, 0.2) is 0 Å². The number of fused-ring (bicyclic) bond motifs is 2. The first-order valence-electron chi connectivity index (χ1n) is 13.7. The summed E-state index contributed by atoms with van der Waals surface area (Å²) in [6.07, 6.45) is 1.70. The number of rotatable bonds is 8. The van der Waals surface area contributed by atoms with E-state index >= 15 is 0 Å². The standard InChI is InChI=1S/C31H28N6O6/c1-3-42-30(39)27-18(2)34-31-35-26(29(38)36(31)28(27)21-9-12-24-25(15-21)33-17-32-24)14-20-5-4-6-23(13-20)43-16-19-7-10-22(11-8-19)37(40)41/h4-15,28,32-33H,3,16-17H2,1-2H3,(H,34,35). The molecule has 3 aromatic carbocycles. The maximum atomic E-state index is 13.9. The van der Waals surface area contributed by atoms with Gasteiger partial charge in [-0.3, -0.25) is 19.5 Å². The number of aromatic nitrogens is 2. The third-order valence-corrected chi connectivity index (χ3v) is 7.25. The van der Waals surface area contributed by atoms with Crippen LogP contribution in [-0.2, 0) is 16.1 Å². The van der Waals surface area contributed by atoms with E-state index < -0.39 is 16.9 Å². The van der Waals surface area contributed by atoms with Gasteiger partial charge in [-0.25, -0.2) is 9.79 Å². The molecular formula is C31H28N6O6. The van der Waals surface area contributed by atoms with Crippen LogP contribution in [0.4, 0.5) is 17.1 Å². The third kappa shape index (κ3) is 5.37. The third-order valence-electron chi connectivity index (χ3n) is 7.25. The fourth-order valence-corrected chi connectivity index (χ4v) is 5.22. The number of allylic oxidation sites excluding steroid dienone is 1. The summed E-state index contributed by atoms with van der Waals surface area (Å²) in [5, 5.41) is 17.7. The van der Waals surface area contributed by atoms with Crippen molar-refractivity contribution < 1.29 is 19.2 Å². The van der Waals surface area contributed by atoms with E-state index in [9.17, 15) is 19.7 Å². The number of H-pyrrole nitrogens is 1. The Morgan fingerprint density at radius 1 is 1.12 bits per heavy atom. The smallest absolute Gasteiger partial charge is 0.338 e. The van der Waals surface area contributed by atoms with Crippen molar-refractivity contribution in [2.45, 2.75) is 26.5 Å². The number of anilines is 2. The van der Waals surface area contributed by atoms with Gasteiger partial charge < -0.3 is 25.1 Å². The Balaban J connectivity index is 1.35. The molecule has 218 valence electrons. The van der Waals surface area contributed by atoms with Gasteiger partial charge in [-0.1, -0.05) is 18.2 Å². The van der Waals surface area contributed by atoms with E-state index in [1.54, 1.807) is 50.3 Å². The highest BCUT2D eigenvalue weighted by molar-refractivity contribution is 5.91. The van der Waals surface area contributed by atoms with Crippen molar-refractivity contribution in [1.29, 1.82) is 0 Å². The van der Waals surface area contributed by atoms with E-state index in [2.05, 4.69) is 20.6 Å². The van der Waals surface area contributed by atoms with Gasteiger partial charge in [0, 0.05) is 12.1 Å². The van der Waals surface area contributed by atoms with Crippen LogP contribution in [0, 0.1) is 10.1 Å². The number of nitrogens with one attached hydrogen (secondary N) is 3. The Morgan fingerprint density at radius 3 is 2.67 bits per heavy atom. The molecule has 0 saturated heterocycles. The van der Waals surface area contributed by atoms with Crippen LogP contribution >= 0.6 is 0 Å². The fraction of sp³-hybridized carbons (Fsp3) is 0.194. The minimum absolute atomic E-state index is 0.0128. The number of nitro benzene ring substituents is 1. The second-order valence-corrected chi connectivity index (χ2v) is 10.0. The van der Waals surface area contributed by atoms with Crippen molar-refractivity contribution in [1.82, 2.24) is 9.55 Å². The lowest BCUT2D eigenvalue weighted by Crippen LogP contribution is -2.40. The summed E-state index contributed by atoms with van der Waals surface area (Å²) in [4.78, 5) is 45.2. The van der Waals surface area contributed by atoms with Gasteiger partial charge in [-0.2, -0.15) is 0 Å². The summed E-state index contributed by atoms with van der Waals surface area (Å²) in [5.74, 6) is 0.0370. The van der Waals surface area contributed by atoms with Crippen LogP contribution in [0.2, 0.25) is 0 Å². The van der Waals surface area contributed by atoms with Crippen LogP contribution in [-0.4, -0.2) is 33.7 Å². The van der Waals surface area contributed by atoms with Crippen molar-refractivity contribution in [2.24, 2.45) is 4.99 Å². The number of non-ortho nitro benzene ring substituents is 1. The number of imidazole rings is 1. The Kier molecular flexibility index (Phi) is 7.24. The SMILES string of the molecule is CCOC(=O)C1=C(C)N=c2[nH]c(=Cc3cccc(OCc4ccc([N+](=O)[O-])cc4)c3)c(=O)n2C1c1ccc2c(c1)NCN2. The predicted molar refractivity (Wildman–Crippen MR) is 159 cm³/mol. The molecule has 43 heavy (non-hydrogen) atoms. The van der Waals surface area contributed by atoms with Crippen LogP contribution < -0.4 is 31.9 Å². The molecule has 2 aliphatic rings. The number of carbonyl (C=O) groups is 1. The number of carbonyl (C=O) groups excluding carboxylic acids is 1. The van der Waals surface area contributed by atoms with Crippen molar-refractivity contribution >= 4 is 29.1 Å². The quantitative estimate of drug-likeness (QED) is 0.163. The number of nitro groups is 1. The number of aromatic amines is 1. The van der Waals surface area contributed by atoms with E-state index in [-0.39, 0.29) is 29.8 Å². The molecule has 0 saturated carbocycles. The molecule has 1 aromatic heterocycles. The van der Waals surface area contributed by atoms with E-state index in [0.29, 0.717) is 34.9 Å². The Labute approximate surface area is 245 Å². The van der Waals surface area contributed by atoms with E-state index in [4.69, 9.17) is 9.47 Å². The number of hydrogen-bond donors (Lipinski definition) is 3. The maximum absolute atomic E-state index is 13.9. The highest BCUT2D eigenvalue weighted by atomic mass is 16.6. The average molecular weight is 581 g/mol. The second kappa shape index (κ2) is 11.3. The summed E-state index contributed by atoms with van der Waals surface area (Å²) < 4.78 is 12.8. The lowest BCUT2D eigenvalue weighted by Gasteiger charge is -2.25. The summed E-state index contributed by atoms with van der Waals surface area (Å²) in [5.41, 5.74) is 4.79. The molecule has 1 atom stereocenters. The van der Waals surface area contributed by atoms with Crippen LogP contribution in [0.3, 0.4) is 0 Å². The molecule has 0 aliphatic carbocycles. The van der Waals surface area contributed by atoms with Crippen LogP contribution in [0.15, 0.2) is 87.8 Å². The first-order chi connectivity index (χ1) is 20.8. The zero-order valence-electron chi connectivity index (χ0n) is 23.4. The molecule has 3 heterocycles. The van der Waals surface area contributed by atoms with Crippen LogP contribution in [0.5, 0.6) is 5.75 Å². The Hall–Kier alpha value is -5.65. The highest BCUT2D eigenvalue weighted by Crippen LogP contribution is 2.35. The van der Waals surface area contributed by atoms with Gasteiger partial charge in [0.1, 0.15) is 17.7 Å². The zero-order valence-corrected chi connectivity index (χ0v) is 23.4. The number of nitrogens with zero attached hydrogens (tertiary/aromatic N) is 3. The van der Waals surface area contributed by atoms with Gasteiger partial charge in [-0.15, -0.1) is 0 Å². The minimum Gasteiger partial charge on any atom is -0.489 e. The molecular weight excluding hydrogens is 552 g/mol. The van der Waals surface area contributed by atoms with E-state index in [0.717, 1.165) is 22.5 Å². The van der Waals surface area contributed by atoms with Crippen LogP contribution in [0.1, 0.15) is 36.6 Å². The zero-order chi connectivity index (χ0) is 30.1. The van der Waals surface area contributed by atoms with Crippen molar-refractivity contribution in [2.75, 3.05) is 23.9 Å². The van der Waals surface area contributed by atoms with Gasteiger partial charge in [0.05, 0.1) is 46.9 Å². The summed E-state index contributed by atoms with van der Waals surface area (Å²) in [6, 6.07) is 18.4. The molecule has 12 heteroatoms. The van der Waals surface area contributed by atoms with E-state index in [1.165, 1.54) is 16.7 Å². The van der Waals surface area contributed by atoms with Gasteiger partial charge >= 0.3 is 5.97 Å². The lowest BCUT2D eigenvalue weighted by molar-refractivity contribution is -0.384. The predicted octanol–water partition coefficient (Wildman–Crippen LogP) is 3.35. The molecule has 0 bridgehead atoms. The van der Waals surface area contributed by atoms with Gasteiger partial charge in [0.2, 0.25) is 5.62 Å². The molecule has 6 rings (SSSR count). The summed E-state index contributed by atoms with van der Waals surface area (Å²) in [7, 11) is 0. The van der Waals surface area contributed by atoms with E-state index in [1.807, 2.05) is 24.3 Å². The van der Waals surface area contributed by atoms with Crippen molar-refractivity contribution in [3.05, 3.63) is 126 Å². The number of esters is 1. The number of benzene rings is 3. The molecule has 4 aromatic rings. The topological polar surface area (TPSA) is 153 Å². The maximum Gasteiger partial charge on any atom is 0.338 e. The lowest BCUT2D eigenvalue weighted by atomic mass is 9.95. The molecule has 0 radical (unpaired) electrons. The molecule has 2 aliphatic heterocycles. The molecule has 0 fully saturated rings. The first kappa shape index (κ1) is 27.5.